The van der Waals surface area contributed by atoms with Crippen molar-refractivity contribution in [1.29, 1.82) is 0 Å². The van der Waals surface area contributed by atoms with Crippen LogP contribution in [0.25, 0.3) is 10.2 Å². The molecule has 4 bridgehead atoms. The average molecular weight is 425 g/mol. The van der Waals surface area contributed by atoms with Gasteiger partial charge in [-0.15, -0.1) is 11.3 Å². The van der Waals surface area contributed by atoms with E-state index in [9.17, 15) is 4.79 Å². The molecule has 2 aromatic rings. The molecule has 1 aliphatic heterocycles. The third kappa shape index (κ3) is 3.38. The second-order valence-corrected chi connectivity index (χ2v) is 11.9. The summed E-state index contributed by atoms with van der Waals surface area (Å²) in [6, 6.07) is 8.53. The van der Waals surface area contributed by atoms with E-state index in [4.69, 9.17) is 4.98 Å². The lowest BCUT2D eigenvalue weighted by molar-refractivity contribution is -0.919. The molecule has 1 aromatic carbocycles. The molecule has 7 rings (SSSR count). The van der Waals surface area contributed by atoms with Crippen LogP contribution in [0, 0.1) is 17.8 Å². The number of nitrogens with zero attached hydrogens (tertiary/aromatic N) is 1. The van der Waals surface area contributed by atoms with Gasteiger partial charge in [-0.05, 0) is 75.3 Å². The summed E-state index contributed by atoms with van der Waals surface area (Å²) in [6.07, 6.45) is 10.3. The van der Waals surface area contributed by atoms with Crippen LogP contribution in [-0.4, -0.2) is 35.6 Å². The second kappa shape index (κ2) is 7.30. The molecule has 0 unspecified atom stereocenters. The van der Waals surface area contributed by atoms with Crippen LogP contribution >= 0.6 is 11.3 Å². The number of carbonyl (C=O) groups excluding carboxylic acids is 1. The van der Waals surface area contributed by atoms with Gasteiger partial charge in [0, 0.05) is 24.3 Å². The Bertz CT molecular complexity index is 876. The highest BCUT2D eigenvalue weighted by molar-refractivity contribution is 7.18. The van der Waals surface area contributed by atoms with Crippen molar-refractivity contribution >= 4 is 27.5 Å². The van der Waals surface area contributed by atoms with Crippen LogP contribution in [0.5, 0.6) is 0 Å². The van der Waals surface area contributed by atoms with E-state index in [0.29, 0.717) is 11.8 Å². The van der Waals surface area contributed by atoms with Gasteiger partial charge in [0.15, 0.2) is 6.04 Å². The number of nitrogens with one attached hydrogen (secondary N) is 2. The SMILES string of the molecule is C[C@@H](C(=O)NC12CC3CC(CC(C3)C1)C2)[NH+]1CCC(c2nc3ccccc3s2)CC1. The van der Waals surface area contributed by atoms with E-state index in [2.05, 4.69) is 36.5 Å². The molecule has 4 saturated carbocycles. The third-order valence-electron chi connectivity index (χ3n) is 8.72. The number of quaternary nitrogens is 1. The molecule has 5 heteroatoms. The van der Waals surface area contributed by atoms with Crippen molar-refractivity contribution in [3.8, 4) is 0 Å². The summed E-state index contributed by atoms with van der Waals surface area (Å²) >= 11 is 1.86. The fourth-order valence-electron chi connectivity index (χ4n) is 7.55. The van der Waals surface area contributed by atoms with Crippen molar-refractivity contribution in [2.45, 2.75) is 75.8 Å². The van der Waals surface area contributed by atoms with E-state index < -0.39 is 0 Å². The molecule has 5 aliphatic rings. The van der Waals surface area contributed by atoms with Gasteiger partial charge in [0.2, 0.25) is 0 Å². The van der Waals surface area contributed by atoms with E-state index in [1.807, 2.05) is 11.3 Å². The van der Waals surface area contributed by atoms with Crippen LogP contribution in [0.2, 0.25) is 0 Å². The maximum Gasteiger partial charge on any atom is 0.278 e. The van der Waals surface area contributed by atoms with E-state index in [0.717, 1.165) is 49.2 Å². The minimum Gasteiger partial charge on any atom is -0.345 e. The van der Waals surface area contributed by atoms with Gasteiger partial charge < -0.3 is 10.2 Å². The van der Waals surface area contributed by atoms with Crippen LogP contribution < -0.4 is 10.2 Å². The van der Waals surface area contributed by atoms with Crippen LogP contribution in [0.3, 0.4) is 0 Å². The molecule has 1 atom stereocenters. The van der Waals surface area contributed by atoms with Crippen LogP contribution in [-0.2, 0) is 4.79 Å². The van der Waals surface area contributed by atoms with Gasteiger partial charge in [0.1, 0.15) is 0 Å². The Morgan fingerprint density at radius 2 is 1.73 bits per heavy atom. The molecule has 0 spiro atoms. The number of fused-ring (bicyclic) bond motifs is 1. The van der Waals surface area contributed by atoms with Gasteiger partial charge in [-0.1, -0.05) is 12.1 Å². The number of amides is 1. The zero-order valence-corrected chi connectivity index (χ0v) is 18.8. The monoisotopic (exact) mass is 424 g/mol. The molecular weight excluding hydrogens is 390 g/mol. The van der Waals surface area contributed by atoms with E-state index in [-0.39, 0.29) is 11.6 Å². The van der Waals surface area contributed by atoms with Gasteiger partial charge in [-0.2, -0.15) is 0 Å². The normalized spacial score (nSPS) is 38.6. The zero-order valence-electron chi connectivity index (χ0n) is 18.0. The molecule has 4 aliphatic carbocycles. The smallest absolute Gasteiger partial charge is 0.278 e. The highest BCUT2D eigenvalue weighted by Gasteiger charge is 2.52. The average Bonchev–Trinajstić information content (AvgIpc) is 3.16. The number of carbonyl (C=O) groups is 1. The first-order valence-electron chi connectivity index (χ1n) is 12.1. The number of rotatable bonds is 4. The summed E-state index contributed by atoms with van der Waals surface area (Å²) in [5.41, 5.74) is 1.27. The maximum absolute atomic E-state index is 13.3. The largest absolute Gasteiger partial charge is 0.345 e. The van der Waals surface area contributed by atoms with Crippen LogP contribution in [0.4, 0.5) is 0 Å². The molecule has 1 saturated heterocycles. The zero-order chi connectivity index (χ0) is 20.3. The Balaban J connectivity index is 1.08. The van der Waals surface area contributed by atoms with Crippen molar-refractivity contribution in [2.24, 2.45) is 17.8 Å². The number of aromatic nitrogens is 1. The lowest BCUT2D eigenvalue weighted by Gasteiger charge is -2.57. The Kier molecular flexibility index (Phi) is 4.68. The van der Waals surface area contributed by atoms with Crippen molar-refractivity contribution in [1.82, 2.24) is 10.3 Å². The number of hydrogen-bond donors (Lipinski definition) is 2. The van der Waals surface area contributed by atoms with Crippen LogP contribution in [0.15, 0.2) is 24.3 Å². The standard InChI is InChI=1S/C25H33N3OS/c1-16(23(29)27-25-13-17-10-18(14-25)12-19(11-17)15-25)28-8-6-20(7-9-28)24-26-21-4-2-3-5-22(21)30-24/h2-5,16-20H,6-15H2,1H3,(H,27,29)/p+1/t16-,17?,18?,19?,25?/m0/s1. The van der Waals surface area contributed by atoms with Gasteiger partial charge in [0.25, 0.3) is 5.91 Å². The highest BCUT2D eigenvalue weighted by atomic mass is 32.1. The Labute approximate surface area is 183 Å². The van der Waals surface area contributed by atoms with Crippen molar-refractivity contribution in [3.05, 3.63) is 29.3 Å². The Hall–Kier alpha value is -1.46. The molecular formula is C25H34N3OS+. The highest BCUT2D eigenvalue weighted by Crippen LogP contribution is 2.55. The minimum absolute atomic E-state index is 0.0642. The molecule has 0 radical (unpaired) electrons. The maximum atomic E-state index is 13.3. The summed E-state index contributed by atoms with van der Waals surface area (Å²) in [7, 11) is 0. The number of thiazole rings is 1. The Morgan fingerprint density at radius 3 is 2.37 bits per heavy atom. The quantitative estimate of drug-likeness (QED) is 0.789. The topological polar surface area (TPSA) is 46.4 Å². The fraction of sp³-hybridized carbons (Fsp3) is 0.680. The first-order chi connectivity index (χ1) is 14.6. The van der Waals surface area contributed by atoms with E-state index >= 15 is 0 Å². The van der Waals surface area contributed by atoms with Gasteiger partial charge in [-0.3, -0.25) is 4.79 Å². The fourth-order valence-corrected chi connectivity index (χ4v) is 8.69. The molecule has 160 valence electrons. The summed E-state index contributed by atoms with van der Waals surface area (Å²) in [5.74, 6) is 3.51. The number of likely N-dealkylation sites (tertiary alicyclic amines) is 1. The molecule has 2 N–H and O–H groups in total. The molecule has 4 nitrogen and oxygen atoms in total. The molecule has 1 amide bonds. The molecule has 2 heterocycles. The predicted octanol–water partition coefficient (Wildman–Crippen LogP) is 3.53. The lowest BCUT2D eigenvalue weighted by Crippen LogP contribution is -3.17. The Morgan fingerprint density at radius 1 is 1.10 bits per heavy atom. The van der Waals surface area contributed by atoms with Crippen molar-refractivity contribution in [2.75, 3.05) is 13.1 Å². The van der Waals surface area contributed by atoms with E-state index in [1.54, 1.807) is 0 Å². The summed E-state index contributed by atoms with van der Waals surface area (Å²) in [6.45, 7) is 4.31. The first-order valence-corrected chi connectivity index (χ1v) is 12.9. The number of piperidine rings is 1. The van der Waals surface area contributed by atoms with Gasteiger partial charge in [0.05, 0.1) is 28.3 Å². The summed E-state index contributed by atoms with van der Waals surface area (Å²) in [4.78, 5) is 19.6. The van der Waals surface area contributed by atoms with Crippen molar-refractivity contribution < 1.29 is 9.69 Å². The van der Waals surface area contributed by atoms with Crippen molar-refractivity contribution in [3.63, 3.8) is 0 Å². The molecule has 1 aromatic heterocycles. The van der Waals surface area contributed by atoms with Crippen LogP contribution in [0.1, 0.15) is 69.2 Å². The summed E-state index contributed by atoms with van der Waals surface area (Å²) < 4.78 is 1.30. The number of benzene rings is 1. The third-order valence-corrected chi connectivity index (χ3v) is 9.92. The molecule has 5 fully saturated rings. The predicted molar refractivity (Wildman–Crippen MR) is 121 cm³/mol. The number of hydrogen-bond acceptors (Lipinski definition) is 3. The first kappa shape index (κ1) is 19.2. The number of para-hydroxylation sites is 1. The van der Waals surface area contributed by atoms with Gasteiger partial charge >= 0.3 is 0 Å². The lowest BCUT2D eigenvalue weighted by atomic mass is 9.53. The van der Waals surface area contributed by atoms with Gasteiger partial charge in [-0.25, -0.2) is 4.98 Å². The minimum atomic E-state index is 0.0642. The summed E-state index contributed by atoms with van der Waals surface area (Å²) in [5, 5.41) is 4.90. The van der Waals surface area contributed by atoms with E-state index in [1.165, 1.54) is 53.1 Å². The molecule has 30 heavy (non-hydrogen) atoms. The second-order valence-electron chi connectivity index (χ2n) is 10.9.